The predicted octanol–water partition coefficient (Wildman–Crippen LogP) is 3.76. The number of rotatable bonds is 3. The van der Waals surface area contributed by atoms with Crippen molar-refractivity contribution in [2.45, 2.75) is 0 Å². The maximum Gasteiger partial charge on any atom is 0.200 e. The first-order valence-electron chi connectivity index (χ1n) is 8.48. The van der Waals surface area contributed by atoms with Gasteiger partial charge in [0.2, 0.25) is 0 Å². The third-order valence-corrected chi connectivity index (χ3v) is 4.62. The van der Waals surface area contributed by atoms with Crippen LogP contribution in [0.3, 0.4) is 0 Å². The Labute approximate surface area is 159 Å². The van der Waals surface area contributed by atoms with Crippen molar-refractivity contribution in [1.82, 2.24) is 25.0 Å². The highest BCUT2D eigenvalue weighted by Crippen LogP contribution is 2.33. The summed E-state index contributed by atoms with van der Waals surface area (Å²) in [4.78, 5) is 0. The van der Waals surface area contributed by atoms with Crippen LogP contribution in [0.15, 0.2) is 54.6 Å². The van der Waals surface area contributed by atoms with Crippen molar-refractivity contribution in [2.24, 2.45) is 0 Å². The van der Waals surface area contributed by atoms with E-state index in [2.05, 4.69) is 20.4 Å². The summed E-state index contributed by atoms with van der Waals surface area (Å²) in [5.41, 5.74) is 3.47. The predicted molar refractivity (Wildman–Crippen MR) is 103 cm³/mol. The molecule has 0 unspecified atom stereocenters. The molecular weight excluding hydrogens is 362 g/mol. The fourth-order valence-electron chi connectivity index (χ4n) is 3.08. The maximum atomic E-state index is 5.69. The average molecular weight is 377 g/mol. The van der Waals surface area contributed by atoms with Crippen molar-refractivity contribution in [2.75, 3.05) is 13.2 Å². The maximum absolute atomic E-state index is 5.69. The van der Waals surface area contributed by atoms with E-state index >= 15 is 0 Å². The summed E-state index contributed by atoms with van der Waals surface area (Å²) in [6.45, 7) is 1.08. The summed E-state index contributed by atoms with van der Waals surface area (Å²) in [5.74, 6) is 2.07. The van der Waals surface area contributed by atoms with Gasteiger partial charge in [0.1, 0.15) is 18.9 Å². The van der Waals surface area contributed by atoms with E-state index in [-0.39, 0.29) is 0 Å². The van der Waals surface area contributed by atoms with E-state index in [1.54, 1.807) is 0 Å². The summed E-state index contributed by atoms with van der Waals surface area (Å²) in [6, 6.07) is 17.6. The lowest BCUT2D eigenvalue weighted by atomic mass is 10.1. The van der Waals surface area contributed by atoms with Crippen LogP contribution < -0.4 is 9.47 Å². The molecule has 0 saturated carbocycles. The molecule has 4 aromatic rings. The van der Waals surface area contributed by atoms with Gasteiger partial charge in [-0.2, -0.15) is 10.2 Å². The van der Waals surface area contributed by atoms with Gasteiger partial charge in [-0.15, -0.1) is 0 Å². The molecule has 0 spiro atoms. The number of aromatic nitrogens is 5. The fraction of sp³-hybridized carbons (Fsp3) is 0.105. The lowest BCUT2D eigenvalue weighted by molar-refractivity contribution is 0.171. The van der Waals surface area contributed by atoms with Gasteiger partial charge in [0.15, 0.2) is 22.1 Å². The van der Waals surface area contributed by atoms with Crippen molar-refractivity contribution in [1.29, 1.82) is 0 Å². The Morgan fingerprint density at radius 3 is 2.56 bits per heavy atom. The summed E-state index contributed by atoms with van der Waals surface area (Å²) in [5, 5.41) is 14.7. The molecule has 0 radical (unpaired) electrons. The summed E-state index contributed by atoms with van der Waals surface area (Å²) in [7, 11) is 0. The third kappa shape index (κ3) is 2.80. The zero-order valence-corrected chi connectivity index (χ0v) is 15.0. The molecular formula is C19H15N5O2S. The number of benzene rings is 2. The molecule has 3 heterocycles. The molecule has 0 fully saturated rings. The Morgan fingerprint density at radius 1 is 0.889 bits per heavy atom. The highest BCUT2D eigenvalue weighted by molar-refractivity contribution is 7.71. The minimum absolute atomic E-state index is 0.484. The second-order valence-electron chi connectivity index (χ2n) is 6.05. The van der Waals surface area contributed by atoms with Crippen LogP contribution in [-0.4, -0.2) is 38.2 Å². The second kappa shape index (κ2) is 6.40. The smallest absolute Gasteiger partial charge is 0.200 e. The Kier molecular flexibility index (Phi) is 3.75. The van der Waals surface area contributed by atoms with Crippen molar-refractivity contribution in [3.05, 3.63) is 59.4 Å². The number of hydrogen-bond donors (Lipinski definition) is 2. The molecule has 27 heavy (non-hydrogen) atoms. The first-order valence-corrected chi connectivity index (χ1v) is 8.89. The second-order valence-corrected chi connectivity index (χ2v) is 6.44. The van der Waals surface area contributed by atoms with Gasteiger partial charge in [0.25, 0.3) is 0 Å². The van der Waals surface area contributed by atoms with Gasteiger partial charge in [-0.1, -0.05) is 30.3 Å². The van der Waals surface area contributed by atoms with Crippen molar-refractivity contribution in [3.8, 4) is 40.0 Å². The summed E-state index contributed by atoms with van der Waals surface area (Å²) in [6.07, 6.45) is 0. The number of aromatic amines is 2. The van der Waals surface area contributed by atoms with E-state index in [1.165, 1.54) is 0 Å². The molecule has 0 bridgehead atoms. The lowest BCUT2D eigenvalue weighted by Crippen LogP contribution is -2.15. The summed E-state index contributed by atoms with van der Waals surface area (Å²) < 4.78 is 13.6. The van der Waals surface area contributed by atoms with Gasteiger partial charge in [0, 0.05) is 11.6 Å². The Bertz CT molecular complexity index is 1160. The first-order chi connectivity index (χ1) is 13.3. The SMILES string of the molecule is S=c1[nH]nc(-c2cc(-c3ccccc3)n[nH]2)n1-c1ccc2c(c1)OCCO2. The molecule has 2 aromatic carbocycles. The highest BCUT2D eigenvalue weighted by Gasteiger charge is 2.17. The van der Waals surface area contributed by atoms with E-state index in [9.17, 15) is 0 Å². The zero-order chi connectivity index (χ0) is 18.2. The minimum atomic E-state index is 0.484. The largest absolute Gasteiger partial charge is 0.486 e. The van der Waals surface area contributed by atoms with Crippen LogP contribution >= 0.6 is 12.2 Å². The van der Waals surface area contributed by atoms with Crippen LogP contribution in [0.5, 0.6) is 11.5 Å². The Morgan fingerprint density at radius 2 is 1.70 bits per heavy atom. The quantitative estimate of drug-likeness (QED) is 0.532. The highest BCUT2D eigenvalue weighted by atomic mass is 32.1. The number of nitrogens with zero attached hydrogens (tertiary/aromatic N) is 3. The van der Waals surface area contributed by atoms with Crippen LogP contribution in [0, 0.1) is 4.77 Å². The normalized spacial score (nSPS) is 12.9. The van der Waals surface area contributed by atoms with Crippen LogP contribution in [0.2, 0.25) is 0 Å². The molecule has 0 atom stereocenters. The number of fused-ring (bicyclic) bond motifs is 1. The minimum Gasteiger partial charge on any atom is -0.486 e. The molecule has 5 rings (SSSR count). The molecule has 2 N–H and O–H groups in total. The van der Waals surface area contributed by atoms with Gasteiger partial charge in [-0.25, -0.2) is 0 Å². The molecule has 1 aliphatic heterocycles. The number of ether oxygens (including phenoxy) is 2. The molecule has 134 valence electrons. The Balaban J connectivity index is 1.58. The molecule has 0 amide bonds. The monoisotopic (exact) mass is 377 g/mol. The van der Waals surface area contributed by atoms with Crippen molar-refractivity contribution >= 4 is 12.2 Å². The van der Waals surface area contributed by atoms with Crippen LogP contribution in [-0.2, 0) is 0 Å². The van der Waals surface area contributed by atoms with Crippen LogP contribution in [0.25, 0.3) is 28.5 Å². The van der Waals surface area contributed by atoms with Crippen molar-refractivity contribution in [3.63, 3.8) is 0 Å². The fourth-order valence-corrected chi connectivity index (χ4v) is 3.32. The van der Waals surface area contributed by atoms with Gasteiger partial charge in [-0.3, -0.25) is 14.8 Å². The Hall–Kier alpha value is -3.39. The number of H-pyrrole nitrogens is 2. The van der Waals surface area contributed by atoms with Gasteiger partial charge < -0.3 is 9.47 Å². The molecule has 1 aliphatic rings. The zero-order valence-electron chi connectivity index (χ0n) is 14.2. The van der Waals surface area contributed by atoms with Gasteiger partial charge in [-0.05, 0) is 30.4 Å². The number of hydrogen-bond acceptors (Lipinski definition) is 5. The molecule has 7 nitrogen and oxygen atoms in total. The lowest BCUT2D eigenvalue weighted by Gasteiger charge is -2.19. The molecule has 0 saturated heterocycles. The number of nitrogens with one attached hydrogen (secondary N) is 2. The van der Waals surface area contributed by atoms with E-state index in [1.807, 2.05) is 59.2 Å². The first kappa shape index (κ1) is 15.8. The van der Waals surface area contributed by atoms with Crippen LogP contribution in [0.1, 0.15) is 0 Å². The van der Waals surface area contributed by atoms with E-state index in [0.717, 1.165) is 28.4 Å². The molecule has 8 heteroatoms. The van der Waals surface area contributed by atoms with E-state index < -0.39 is 0 Å². The van der Waals surface area contributed by atoms with E-state index in [0.29, 0.717) is 29.6 Å². The standard InChI is InChI=1S/C19H15N5O2S/c27-19-23-22-18(15-11-14(20-21-15)12-4-2-1-3-5-12)24(19)13-6-7-16-17(10-13)26-9-8-25-16/h1-7,10-11H,8-9H2,(H,20,21)(H,23,27). The van der Waals surface area contributed by atoms with Gasteiger partial charge in [0.05, 0.1) is 11.4 Å². The summed E-state index contributed by atoms with van der Waals surface area (Å²) >= 11 is 5.45. The third-order valence-electron chi connectivity index (χ3n) is 4.34. The van der Waals surface area contributed by atoms with Gasteiger partial charge >= 0.3 is 0 Å². The van der Waals surface area contributed by atoms with Crippen LogP contribution in [0.4, 0.5) is 0 Å². The van der Waals surface area contributed by atoms with E-state index in [4.69, 9.17) is 21.7 Å². The molecule has 2 aromatic heterocycles. The average Bonchev–Trinajstić information content (AvgIpc) is 3.35. The topological polar surface area (TPSA) is 80.8 Å². The van der Waals surface area contributed by atoms with Crippen molar-refractivity contribution < 1.29 is 9.47 Å². The molecule has 0 aliphatic carbocycles.